The average Bonchev–Trinajstić information content (AvgIpc) is 2.58. The lowest BCUT2D eigenvalue weighted by atomic mass is 10.0. The maximum absolute atomic E-state index is 6.02. The molecule has 1 unspecified atom stereocenters. The first kappa shape index (κ1) is 11.7. The van der Waals surface area contributed by atoms with E-state index < -0.39 is 0 Å². The summed E-state index contributed by atoms with van der Waals surface area (Å²) in [6, 6.07) is 6.51. The van der Waals surface area contributed by atoms with E-state index in [1.54, 1.807) is 7.11 Å². The molecule has 0 spiro atoms. The average molecular weight is 240 g/mol. The van der Waals surface area contributed by atoms with E-state index >= 15 is 0 Å². The van der Waals surface area contributed by atoms with E-state index in [-0.39, 0.29) is 0 Å². The number of rotatable bonds is 2. The van der Waals surface area contributed by atoms with Crippen LogP contribution in [0.5, 0.6) is 5.75 Å². The highest BCUT2D eigenvalue weighted by molar-refractivity contribution is 6.32. The Labute approximate surface area is 102 Å². The zero-order chi connectivity index (χ0) is 11.4. The minimum absolute atomic E-state index is 0.452. The zero-order valence-electron chi connectivity index (χ0n) is 9.63. The summed E-state index contributed by atoms with van der Waals surface area (Å²) in [6.07, 6.45) is 5.10. The number of ether oxygens (including phenoxy) is 1. The Morgan fingerprint density at radius 2 is 2.19 bits per heavy atom. The predicted molar refractivity (Wildman–Crippen MR) is 67.2 cm³/mol. The Morgan fingerprint density at radius 1 is 1.31 bits per heavy atom. The van der Waals surface area contributed by atoms with E-state index in [9.17, 15) is 0 Å². The summed E-state index contributed by atoms with van der Waals surface area (Å²) >= 11 is 6.02. The van der Waals surface area contributed by atoms with Gasteiger partial charge in [-0.3, -0.25) is 0 Å². The lowest BCUT2D eigenvalue weighted by Crippen LogP contribution is -2.20. The van der Waals surface area contributed by atoms with E-state index in [1.165, 1.54) is 31.2 Å². The molecule has 2 rings (SSSR count). The topological polar surface area (TPSA) is 21.3 Å². The Balaban J connectivity index is 2.18. The summed E-state index contributed by atoms with van der Waals surface area (Å²) in [7, 11) is 1.66. The van der Waals surface area contributed by atoms with Crippen LogP contribution in [0.4, 0.5) is 0 Å². The van der Waals surface area contributed by atoms with Gasteiger partial charge in [0.25, 0.3) is 0 Å². The fourth-order valence-electron chi connectivity index (χ4n) is 2.21. The number of nitrogens with one attached hydrogen (secondary N) is 1. The van der Waals surface area contributed by atoms with Crippen molar-refractivity contribution in [2.45, 2.75) is 31.7 Å². The quantitative estimate of drug-likeness (QED) is 0.852. The molecular formula is C13H18ClNO. The van der Waals surface area contributed by atoms with Crippen LogP contribution in [0.15, 0.2) is 18.2 Å². The fraction of sp³-hybridized carbons (Fsp3) is 0.538. The molecule has 88 valence electrons. The second-order valence-electron chi connectivity index (χ2n) is 4.25. The van der Waals surface area contributed by atoms with E-state index in [2.05, 4.69) is 11.4 Å². The van der Waals surface area contributed by atoms with Gasteiger partial charge >= 0.3 is 0 Å². The molecule has 1 aliphatic rings. The van der Waals surface area contributed by atoms with Gasteiger partial charge < -0.3 is 10.1 Å². The molecule has 2 nitrogen and oxygen atoms in total. The lowest BCUT2D eigenvalue weighted by molar-refractivity contribution is 0.413. The third kappa shape index (κ3) is 2.69. The summed E-state index contributed by atoms with van der Waals surface area (Å²) in [5.41, 5.74) is 1.28. The van der Waals surface area contributed by atoms with Gasteiger partial charge in [0, 0.05) is 6.04 Å². The van der Waals surface area contributed by atoms with Crippen LogP contribution in [0.3, 0.4) is 0 Å². The predicted octanol–water partition coefficient (Wildman–Crippen LogP) is 3.55. The van der Waals surface area contributed by atoms with Crippen LogP contribution in [0.2, 0.25) is 5.02 Å². The minimum atomic E-state index is 0.452. The normalized spacial score (nSPS) is 21.5. The highest BCUT2D eigenvalue weighted by atomic mass is 35.5. The van der Waals surface area contributed by atoms with Crippen LogP contribution >= 0.6 is 11.6 Å². The van der Waals surface area contributed by atoms with Crippen LogP contribution in [-0.4, -0.2) is 13.7 Å². The molecule has 0 amide bonds. The largest absolute Gasteiger partial charge is 0.495 e. The summed E-state index contributed by atoms with van der Waals surface area (Å²) in [5.74, 6) is 0.769. The summed E-state index contributed by atoms with van der Waals surface area (Å²) in [4.78, 5) is 0. The SMILES string of the molecule is COc1cc(C2CCCCCN2)ccc1Cl. The number of benzene rings is 1. The van der Waals surface area contributed by atoms with E-state index in [1.807, 2.05) is 12.1 Å². The van der Waals surface area contributed by atoms with Crippen molar-refractivity contribution < 1.29 is 4.74 Å². The van der Waals surface area contributed by atoms with Crippen molar-refractivity contribution in [1.29, 1.82) is 0 Å². The van der Waals surface area contributed by atoms with Crippen molar-refractivity contribution in [3.63, 3.8) is 0 Å². The Morgan fingerprint density at radius 3 is 3.00 bits per heavy atom. The molecule has 0 aromatic heterocycles. The van der Waals surface area contributed by atoms with Crippen molar-refractivity contribution >= 4 is 11.6 Å². The summed E-state index contributed by atoms with van der Waals surface area (Å²) in [6.45, 7) is 1.11. The van der Waals surface area contributed by atoms with Crippen molar-refractivity contribution in [3.05, 3.63) is 28.8 Å². The van der Waals surface area contributed by atoms with Gasteiger partial charge in [-0.25, -0.2) is 0 Å². The number of hydrogen-bond acceptors (Lipinski definition) is 2. The van der Waals surface area contributed by atoms with Crippen LogP contribution in [-0.2, 0) is 0 Å². The molecule has 0 radical (unpaired) electrons. The molecule has 0 bridgehead atoms. The van der Waals surface area contributed by atoms with Crippen LogP contribution in [0.1, 0.15) is 37.3 Å². The maximum Gasteiger partial charge on any atom is 0.137 e. The molecule has 1 aliphatic heterocycles. The van der Waals surface area contributed by atoms with Crippen molar-refractivity contribution in [3.8, 4) is 5.75 Å². The molecule has 16 heavy (non-hydrogen) atoms. The Bertz CT molecular complexity index is 346. The Kier molecular flexibility index (Phi) is 4.08. The van der Waals surface area contributed by atoms with Crippen molar-refractivity contribution in [2.75, 3.05) is 13.7 Å². The minimum Gasteiger partial charge on any atom is -0.495 e. The van der Waals surface area contributed by atoms with Crippen LogP contribution < -0.4 is 10.1 Å². The second kappa shape index (κ2) is 5.55. The van der Waals surface area contributed by atoms with Crippen molar-refractivity contribution in [2.24, 2.45) is 0 Å². The molecule has 1 saturated heterocycles. The number of halogens is 1. The fourth-order valence-corrected chi connectivity index (χ4v) is 2.40. The molecule has 0 saturated carbocycles. The zero-order valence-corrected chi connectivity index (χ0v) is 10.4. The van der Waals surface area contributed by atoms with Gasteiger partial charge in [-0.1, -0.05) is 30.5 Å². The maximum atomic E-state index is 6.02. The van der Waals surface area contributed by atoms with Crippen LogP contribution in [0.25, 0.3) is 0 Å². The van der Waals surface area contributed by atoms with Gasteiger partial charge in [0.05, 0.1) is 12.1 Å². The monoisotopic (exact) mass is 239 g/mol. The van der Waals surface area contributed by atoms with E-state index in [0.29, 0.717) is 11.1 Å². The Hall–Kier alpha value is -0.730. The number of methoxy groups -OCH3 is 1. The third-order valence-corrected chi connectivity index (χ3v) is 3.45. The second-order valence-corrected chi connectivity index (χ2v) is 4.66. The molecule has 3 heteroatoms. The van der Waals surface area contributed by atoms with Gasteiger partial charge in [0.1, 0.15) is 5.75 Å². The van der Waals surface area contributed by atoms with Gasteiger partial charge in [-0.05, 0) is 37.1 Å². The van der Waals surface area contributed by atoms with Crippen LogP contribution in [0, 0.1) is 0 Å². The number of hydrogen-bond donors (Lipinski definition) is 1. The summed E-state index contributed by atoms with van der Waals surface area (Å²) < 4.78 is 5.25. The lowest BCUT2D eigenvalue weighted by Gasteiger charge is -2.17. The molecule has 1 aromatic rings. The molecular weight excluding hydrogens is 222 g/mol. The first-order valence-corrected chi connectivity index (χ1v) is 6.26. The highest BCUT2D eigenvalue weighted by Crippen LogP contribution is 2.30. The highest BCUT2D eigenvalue weighted by Gasteiger charge is 2.14. The van der Waals surface area contributed by atoms with Gasteiger partial charge in [-0.2, -0.15) is 0 Å². The van der Waals surface area contributed by atoms with Gasteiger partial charge in [-0.15, -0.1) is 0 Å². The third-order valence-electron chi connectivity index (χ3n) is 3.14. The van der Waals surface area contributed by atoms with Gasteiger partial charge in [0.15, 0.2) is 0 Å². The summed E-state index contributed by atoms with van der Waals surface area (Å²) in [5, 5.41) is 4.25. The first-order valence-electron chi connectivity index (χ1n) is 5.88. The first-order chi connectivity index (χ1) is 7.81. The standard InChI is InChI=1S/C13H18ClNO/c1-16-13-9-10(6-7-11(13)14)12-5-3-2-4-8-15-12/h6-7,9,12,15H,2-5,8H2,1H3. The molecule has 1 fully saturated rings. The van der Waals surface area contributed by atoms with Gasteiger partial charge in [0.2, 0.25) is 0 Å². The molecule has 1 N–H and O–H groups in total. The molecule has 1 aromatic carbocycles. The molecule has 1 heterocycles. The van der Waals surface area contributed by atoms with Crippen molar-refractivity contribution in [1.82, 2.24) is 5.32 Å². The van der Waals surface area contributed by atoms with E-state index in [0.717, 1.165) is 12.3 Å². The van der Waals surface area contributed by atoms with E-state index in [4.69, 9.17) is 16.3 Å². The molecule has 1 atom stereocenters. The molecule has 0 aliphatic carbocycles. The smallest absolute Gasteiger partial charge is 0.137 e.